The Morgan fingerprint density at radius 3 is 2.66 bits per heavy atom. The molecule has 0 saturated carbocycles. The monoisotopic (exact) mass is 501 g/mol. The number of hydrogen-bond donors (Lipinski definition) is 3. The number of rotatable bonds is 6. The van der Waals surface area contributed by atoms with Gasteiger partial charge in [0.1, 0.15) is 5.69 Å². The third-order valence-electron chi connectivity index (χ3n) is 6.44. The van der Waals surface area contributed by atoms with Gasteiger partial charge in [-0.15, -0.1) is 0 Å². The molecular weight excluding hydrogens is 474 g/mol. The number of para-hydroxylation sites is 1. The molecule has 0 aliphatic rings. The van der Waals surface area contributed by atoms with Gasteiger partial charge in [0, 0.05) is 35.5 Å². The quantitative estimate of drug-likeness (QED) is 0.240. The lowest BCUT2D eigenvalue weighted by molar-refractivity contribution is -0.116. The maximum Gasteiger partial charge on any atom is 0.224 e. The Balaban J connectivity index is 1.38. The van der Waals surface area contributed by atoms with Crippen molar-refractivity contribution in [3.63, 3.8) is 0 Å². The molecule has 6 aromatic rings. The zero-order chi connectivity index (χ0) is 26.2. The normalized spacial score (nSPS) is 11.5. The van der Waals surface area contributed by atoms with Crippen LogP contribution < -0.4 is 5.32 Å². The van der Waals surface area contributed by atoms with Gasteiger partial charge in [0.05, 0.1) is 28.3 Å². The van der Waals surface area contributed by atoms with Crippen LogP contribution in [0.5, 0.6) is 0 Å². The molecule has 0 unspecified atom stereocenters. The zero-order valence-electron chi connectivity index (χ0n) is 21.4. The molecule has 0 bridgehead atoms. The fourth-order valence-electron chi connectivity index (χ4n) is 4.68. The van der Waals surface area contributed by atoms with Crippen molar-refractivity contribution in [2.24, 2.45) is 5.92 Å². The second-order valence-corrected chi connectivity index (χ2v) is 9.96. The third-order valence-corrected chi connectivity index (χ3v) is 6.44. The van der Waals surface area contributed by atoms with Crippen molar-refractivity contribution in [1.82, 2.24) is 30.1 Å². The predicted molar refractivity (Wildman–Crippen MR) is 150 cm³/mol. The summed E-state index contributed by atoms with van der Waals surface area (Å²) in [6, 6.07) is 18.5. The molecule has 0 fully saturated rings. The number of aryl methyl sites for hydroxylation is 1. The van der Waals surface area contributed by atoms with E-state index in [9.17, 15) is 4.79 Å². The minimum Gasteiger partial charge on any atom is -0.337 e. The van der Waals surface area contributed by atoms with Crippen LogP contribution >= 0.6 is 0 Å². The van der Waals surface area contributed by atoms with E-state index >= 15 is 0 Å². The van der Waals surface area contributed by atoms with E-state index in [1.165, 1.54) is 5.56 Å². The lowest BCUT2D eigenvalue weighted by atomic mass is 10.0. The first-order chi connectivity index (χ1) is 18.4. The molecule has 0 aliphatic heterocycles. The first-order valence-electron chi connectivity index (χ1n) is 12.6. The molecule has 0 spiro atoms. The second-order valence-electron chi connectivity index (χ2n) is 9.96. The summed E-state index contributed by atoms with van der Waals surface area (Å²) in [7, 11) is 0. The standard InChI is InChI=1S/C30H27N7O/c1-17(2)10-26(38)33-22-12-20(14-31-16-22)21-13-24-28(36-37-29(24)32-15-21)30-34-25-9-5-8-23(27(25)35-30)19-7-4-6-18(3)11-19/h4-9,11-17H,10H2,1-3H3,(H,33,38)(H,34,35)(H,32,36,37). The van der Waals surface area contributed by atoms with Gasteiger partial charge in [-0.1, -0.05) is 55.8 Å². The number of anilines is 1. The topological polar surface area (TPSA) is 112 Å². The molecular formula is C30H27N7O. The Hall–Kier alpha value is -4.85. The number of amides is 1. The molecule has 8 nitrogen and oxygen atoms in total. The Morgan fingerprint density at radius 2 is 1.82 bits per heavy atom. The van der Waals surface area contributed by atoms with Crippen LogP contribution in [0.25, 0.3) is 55.8 Å². The molecule has 38 heavy (non-hydrogen) atoms. The molecule has 4 heterocycles. The summed E-state index contributed by atoms with van der Waals surface area (Å²) in [5, 5.41) is 11.3. The van der Waals surface area contributed by atoms with Gasteiger partial charge < -0.3 is 10.3 Å². The van der Waals surface area contributed by atoms with Crippen LogP contribution in [0, 0.1) is 12.8 Å². The van der Waals surface area contributed by atoms with Crippen molar-refractivity contribution in [3.05, 3.63) is 78.8 Å². The smallest absolute Gasteiger partial charge is 0.224 e. The lowest BCUT2D eigenvalue weighted by Crippen LogP contribution is -2.13. The van der Waals surface area contributed by atoms with Crippen LogP contribution in [0.1, 0.15) is 25.8 Å². The molecule has 3 N–H and O–H groups in total. The number of fused-ring (bicyclic) bond motifs is 2. The Bertz CT molecular complexity index is 1800. The van der Waals surface area contributed by atoms with E-state index in [4.69, 9.17) is 4.98 Å². The molecule has 0 saturated heterocycles. The van der Waals surface area contributed by atoms with E-state index in [2.05, 4.69) is 67.7 Å². The number of nitrogens with zero attached hydrogens (tertiary/aromatic N) is 4. The van der Waals surface area contributed by atoms with Crippen molar-refractivity contribution in [1.29, 1.82) is 0 Å². The van der Waals surface area contributed by atoms with Crippen molar-refractivity contribution in [2.45, 2.75) is 27.2 Å². The number of imidazole rings is 1. The summed E-state index contributed by atoms with van der Waals surface area (Å²) in [5.41, 5.74) is 8.96. The molecule has 0 aliphatic carbocycles. The number of carbonyl (C=O) groups is 1. The maximum atomic E-state index is 12.2. The summed E-state index contributed by atoms with van der Waals surface area (Å²) in [6.45, 7) is 6.12. The van der Waals surface area contributed by atoms with E-state index in [0.717, 1.165) is 44.4 Å². The number of pyridine rings is 2. The predicted octanol–water partition coefficient (Wildman–Crippen LogP) is 6.52. The molecule has 6 rings (SSSR count). The Labute approximate surface area is 219 Å². The summed E-state index contributed by atoms with van der Waals surface area (Å²) < 4.78 is 0. The second kappa shape index (κ2) is 9.55. The van der Waals surface area contributed by atoms with Crippen LogP contribution in [-0.2, 0) is 4.79 Å². The lowest BCUT2D eigenvalue weighted by Gasteiger charge is -2.08. The number of aromatic amines is 2. The van der Waals surface area contributed by atoms with Gasteiger partial charge >= 0.3 is 0 Å². The molecule has 4 aromatic heterocycles. The van der Waals surface area contributed by atoms with Crippen molar-refractivity contribution in [2.75, 3.05) is 5.32 Å². The van der Waals surface area contributed by atoms with Crippen molar-refractivity contribution < 1.29 is 4.79 Å². The fraction of sp³-hybridized carbons (Fsp3) is 0.167. The highest BCUT2D eigenvalue weighted by Gasteiger charge is 2.16. The fourth-order valence-corrected chi connectivity index (χ4v) is 4.68. The van der Waals surface area contributed by atoms with Gasteiger partial charge in [-0.25, -0.2) is 9.97 Å². The first kappa shape index (κ1) is 23.5. The summed E-state index contributed by atoms with van der Waals surface area (Å²) in [5.74, 6) is 0.942. The van der Waals surface area contributed by atoms with E-state index in [1.54, 1.807) is 18.6 Å². The Morgan fingerprint density at radius 1 is 0.974 bits per heavy atom. The van der Waals surface area contributed by atoms with E-state index in [-0.39, 0.29) is 11.8 Å². The third kappa shape index (κ3) is 4.52. The van der Waals surface area contributed by atoms with E-state index < -0.39 is 0 Å². The minimum absolute atomic E-state index is 0.0282. The van der Waals surface area contributed by atoms with E-state index in [0.29, 0.717) is 23.6 Å². The highest BCUT2D eigenvalue weighted by molar-refractivity contribution is 5.97. The van der Waals surface area contributed by atoms with Crippen LogP contribution in [0.15, 0.2) is 73.2 Å². The molecule has 0 atom stereocenters. The van der Waals surface area contributed by atoms with Gasteiger partial charge in [0.25, 0.3) is 0 Å². The molecule has 8 heteroatoms. The SMILES string of the molecule is Cc1cccc(-c2cccc3[nH]c(-c4[nH]nc5ncc(-c6cncc(NC(=O)CC(C)C)c6)cc45)nc23)c1. The Kier molecular flexibility index (Phi) is 5.92. The molecule has 188 valence electrons. The average Bonchev–Trinajstić information content (AvgIpc) is 3.52. The number of hydrogen-bond acceptors (Lipinski definition) is 5. The van der Waals surface area contributed by atoms with Crippen LogP contribution in [0.3, 0.4) is 0 Å². The summed E-state index contributed by atoms with van der Waals surface area (Å²) >= 11 is 0. The molecule has 2 aromatic carbocycles. The first-order valence-corrected chi connectivity index (χ1v) is 12.6. The largest absolute Gasteiger partial charge is 0.337 e. The van der Waals surface area contributed by atoms with Gasteiger partial charge in [-0.2, -0.15) is 5.10 Å². The van der Waals surface area contributed by atoms with Crippen molar-refractivity contribution >= 4 is 33.7 Å². The minimum atomic E-state index is -0.0282. The average molecular weight is 502 g/mol. The van der Waals surface area contributed by atoms with Gasteiger partial charge in [-0.05, 0) is 36.6 Å². The zero-order valence-corrected chi connectivity index (χ0v) is 21.4. The summed E-state index contributed by atoms with van der Waals surface area (Å²) in [4.78, 5) is 29.6. The number of carbonyl (C=O) groups excluding carboxylic acids is 1. The van der Waals surface area contributed by atoms with Gasteiger partial charge in [-0.3, -0.25) is 14.9 Å². The molecule has 1 amide bonds. The maximum absolute atomic E-state index is 12.2. The highest BCUT2D eigenvalue weighted by Crippen LogP contribution is 2.33. The highest BCUT2D eigenvalue weighted by atomic mass is 16.1. The van der Waals surface area contributed by atoms with Crippen molar-refractivity contribution in [3.8, 4) is 33.8 Å². The number of aromatic nitrogens is 6. The van der Waals surface area contributed by atoms with Crippen LogP contribution in [0.2, 0.25) is 0 Å². The van der Waals surface area contributed by atoms with Gasteiger partial charge in [0.15, 0.2) is 11.5 Å². The number of H-pyrrole nitrogens is 2. The molecule has 0 radical (unpaired) electrons. The summed E-state index contributed by atoms with van der Waals surface area (Å²) in [6.07, 6.45) is 5.63. The van der Waals surface area contributed by atoms with E-state index in [1.807, 2.05) is 38.1 Å². The van der Waals surface area contributed by atoms with Gasteiger partial charge in [0.2, 0.25) is 5.91 Å². The number of nitrogens with one attached hydrogen (secondary N) is 3. The van der Waals surface area contributed by atoms with Crippen LogP contribution in [0.4, 0.5) is 5.69 Å². The van der Waals surface area contributed by atoms with Crippen LogP contribution in [-0.4, -0.2) is 36.0 Å². The number of benzene rings is 2.